The van der Waals surface area contributed by atoms with Crippen molar-refractivity contribution in [1.82, 2.24) is 10.2 Å². The van der Waals surface area contributed by atoms with E-state index in [0.29, 0.717) is 0 Å². The van der Waals surface area contributed by atoms with Gasteiger partial charge in [-0.25, -0.2) is 0 Å². The van der Waals surface area contributed by atoms with E-state index in [1.165, 1.54) is 12.8 Å². The van der Waals surface area contributed by atoms with E-state index < -0.39 is 0 Å². The third-order valence-corrected chi connectivity index (χ3v) is 4.35. The molecule has 19 heavy (non-hydrogen) atoms. The molecule has 0 unspecified atom stereocenters. The van der Waals surface area contributed by atoms with Crippen LogP contribution in [0.25, 0.3) is 0 Å². The summed E-state index contributed by atoms with van der Waals surface area (Å²) in [4.78, 5) is 14.7. The molecule has 2 aliphatic rings. The largest absolute Gasteiger partial charge is 0.393 e. The van der Waals surface area contributed by atoms with E-state index in [1.54, 1.807) is 0 Å². The minimum atomic E-state index is -0.193. The minimum absolute atomic E-state index is 0.0984. The summed E-state index contributed by atoms with van der Waals surface area (Å²) in [6.45, 7) is 7.49. The number of nitrogens with zero attached hydrogens (tertiary/aromatic N) is 1. The lowest BCUT2D eigenvalue weighted by atomic mass is 9.86. The summed E-state index contributed by atoms with van der Waals surface area (Å²) in [6.07, 6.45) is 5.56. The quantitative estimate of drug-likeness (QED) is 0.813. The molecule has 1 saturated heterocycles. The molecule has 0 aromatic rings. The number of rotatable bonds is 4. The monoisotopic (exact) mass is 268 g/mol. The highest BCUT2D eigenvalue weighted by Gasteiger charge is 2.30. The van der Waals surface area contributed by atoms with Gasteiger partial charge in [0, 0.05) is 18.0 Å². The minimum Gasteiger partial charge on any atom is -0.393 e. The molecule has 0 spiro atoms. The van der Waals surface area contributed by atoms with Gasteiger partial charge in [-0.05, 0) is 65.5 Å². The fourth-order valence-corrected chi connectivity index (χ4v) is 3.31. The molecule has 2 rings (SSSR count). The lowest BCUT2D eigenvalue weighted by Gasteiger charge is -2.34. The highest BCUT2D eigenvalue weighted by atomic mass is 16.3. The second-order valence-electron chi connectivity index (χ2n) is 6.86. The predicted octanol–water partition coefficient (Wildman–Crippen LogP) is 1.53. The van der Waals surface area contributed by atoms with E-state index in [4.69, 9.17) is 0 Å². The van der Waals surface area contributed by atoms with Gasteiger partial charge in [-0.3, -0.25) is 4.79 Å². The summed E-state index contributed by atoms with van der Waals surface area (Å²) in [5.74, 6) is 0.275. The molecule has 0 bridgehead atoms. The van der Waals surface area contributed by atoms with Crippen molar-refractivity contribution in [2.75, 3.05) is 19.6 Å². The number of hydrogen-bond donors (Lipinski definition) is 2. The van der Waals surface area contributed by atoms with E-state index in [2.05, 4.69) is 24.1 Å². The average Bonchev–Trinajstić information content (AvgIpc) is 2.81. The van der Waals surface area contributed by atoms with Crippen LogP contribution < -0.4 is 5.32 Å². The molecule has 0 radical (unpaired) electrons. The average molecular weight is 268 g/mol. The molecular formula is C15H28N2O2. The van der Waals surface area contributed by atoms with Crippen LogP contribution in [0.5, 0.6) is 0 Å². The van der Waals surface area contributed by atoms with Crippen LogP contribution >= 0.6 is 0 Å². The van der Waals surface area contributed by atoms with Crippen molar-refractivity contribution < 1.29 is 9.90 Å². The third kappa shape index (κ3) is 4.46. The van der Waals surface area contributed by atoms with Gasteiger partial charge in [0.25, 0.3) is 0 Å². The number of amides is 1. The first kappa shape index (κ1) is 14.8. The molecule has 1 amide bonds. The van der Waals surface area contributed by atoms with Gasteiger partial charge < -0.3 is 15.3 Å². The van der Waals surface area contributed by atoms with Crippen molar-refractivity contribution in [2.24, 2.45) is 5.92 Å². The van der Waals surface area contributed by atoms with E-state index in [0.717, 1.165) is 45.3 Å². The van der Waals surface area contributed by atoms with Gasteiger partial charge >= 0.3 is 0 Å². The Morgan fingerprint density at radius 2 is 1.79 bits per heavy atom. The second kappa shape index (κ2) is 6.23. The van der Waals surface area contributed by atoms with Crippen molar-refractivity contribution >= 4 is 5.91 Å². The maximum absolute atomic E-state index is 12.3. The molecular weight excluding hydrogens is 240 g/mol. The van der Waals surface area contributed by atoms with Crippen LogP contribution in [0.2, 0.25) is 0 Å². The highest BCUT2D eigenvalue weighted by Crippen LogP contribution is 2.25. The molecule has 4 heteroatoms. The molecule has 0 atom stereocenters. The van der Waals surface area contributed by atoms with Crippen LogP contribution in [0.1, 0.15) is 52.4 Å². The molecule has 110 valence electrons. The van der Waals surface area contributed by atoms with Gasteiger partial charge in [0.1, 0.15) is 0 Å². The SMILES string of the molecule is CC(C)(CN1CCCC1)NC(=O)C1CCC(O)CC1. The molecule has 4 nitrogen and oxygen atoms in total. The van der Waals surface area contributed by atoms with Crippen LogP contribution in [-0.2, 0) is 4.79 Å². The predicted molar refractivity (Wildman–Crippen MR) is 75.9 cm³/mol. The molecule has 1 heterocycles. The number of carbonyl (C=O) groups excluding carboxylic acids is 1. The van der Waals surface area contributed by atoms with E-state index in [1.807, 2.05) is 0 Å². The maximum atomic E-state index is 12.3. The fraction of sp³-hybridized carbons (Fsp3) is 0.933. The van der Waals surface area contributed by atoms with Crippen molar-refractivity contribution in [3.63, 3.8) is 0 Å². The Balaban J connectivity index is 1.79. The standard InChI is InChI=1S/C15H28N2O2/c1-15(2,11-17-9-3-4-10-17)16-14(19)12-5-7-13(18)8-6-12/h12-13,18H,3-11H2,1-2H3,(H,16,19). The van der Waals surface area contributed by atoms with E-state index >= 15 is 0 Å². The smallest absolute Gasteiger partial charge is 0.223 e. The highest BCUT2D eigenvalue weighted by molar-refractivity contribution is 5.79. The number of likely N-dealkylation sites (tertiary alicyclic amines) is 1. The van der Waals surface area contributed by atoms with Crippen LogP contribution in [0.4, 0.5) is 0 Å². The molecule has 1 saturated carbocycles. The topological polar surface area (TPSA) is 52.6 Å². The zero-order valence-corrected chi connectivity index (χ0v) is 12.3. The van der Waals surface area contributed by atoms with Gasteiger partial charge in [-0.15, -0.1) is 0 Å². The third-order valence-electron chi connectivity index (χ3n) is 4.35. The van der Waals surface area contributed by atoms with E-state index in [-0.39, 0.29) is 23.5 Å². The summed E-state index contributed by atoms with van der Waals surface area (Å²) in [6, 6.07) is 0. The van der Waals surface area contributed by atoms with Gasteiger partial charge in [0.05, 0.1) is 6.10 Å². The van der Waals surface area contributed by atoms with Crippen LogP contribution in [0.15, 0.2) is 0 Å². The summed E-state index contributed by atoms with van der Waals surface area (Å²) in [5.41, 5.74) is -0.155. The number of aliphatic hydroxyl groups is 1. The normalized spacial score (nSPS) is 29.4. The fourth-order valence-electron chi connectivity index (χ4n) is 3.31. The van der Waals surface area contributed by atoms with Gasteiger partial charge in [-0.2, -0.15) is 0 Å². The summed E-state index contributed by atoms with van der Waals surface area (Å²) >= 11 is 0. The number of aliphatic hydroxyl groups excluding tert-OH is 1. The molecule has 2 N–H and O–H groups in total. The summed E-state index contributed by atoms with van der Waals surface area (Å²) < 4.78 is 0. The van der Waals surface area contributed by atoms with Crippen LogP contribution in [0.3, 0.4) is 0 Å². The molecule has 0 aromatic heterocycles. The Kier molecular flexibility index (Phi) is 4.85. The number of carbonyl (C=O) groups is 1. The first-order valence-corrected chi connectivity index (χ1v) is 7.69. The van der Waals surface area contributed by atoms with Crippen molar-refractivity contribution in [1.29, 1.82) is 0 Å². The van der Waals surface area contributed by atoms with Gasteiger partial charge in [-0.1, -0.05) is 0 Å². The Morgan fingerprint density at radius 1 is 1.21 bits per heavy atom. The summed E-state index contributed by atoms with van der Waals surface area (Å²) in [7, 11) is 0. The summed E-state index contributed by atoms with van der Waals surface area (Å²) in [5, 5.41) is 12.7. The lowest BCUT2D eigenvalue weighted by molar-refractivity contribution is -0.128. The Labute approximate surface area is 116 Å². The van der Waals surface area contributed by atoms with Crippen LogP contribution in [-0.4, -0.2) is 47.2 Å². The Hall–Kier alpha value is -0.610. The lowest BCUT2D eigenvalue weighted by Crippen LogP contribution is -2.52. The van der Waals surface area contributed by atoms with Gasteiger partial charge in [0.15, 0.2) is 0 Å². The molecule has 0 aromatic carbocycles. The van der Waals surface area contributed by atoms with Crippen molar-refractivity contribution in [2.45, 2.75) is 64.0 Å². The Bertz CT molecular complexity index is 303. The maximum Gasteiger partial charge on any atom is 0.223 e. The van der Waals surface area contributed by atoms with Crippen molar-refractivity contribution in [3.8, 4) is 0 Å². The van der Waals surface area contributed by atoms with Gasteiger partial charge in [0.2, 0.25) is 5.91 Å². The zero-order chi connectivity index (χ0) is 13.9. The molecule has 2 fully saturated rings. The molecule has 1 aliphatic heterocycles. The van der Waals surface area contributed by atoms with E-state index in [9.17, 15) is 9.90 Å². The second-order valence-corrected chi connectivity index (χ2v) is 6.86. The Morgan fingerprint density at radius 3 is 2.37 bits per heavy atom. The number of nitrogens with one attached hydrogen (secondary N) is 1. The van der Waals surface area contributed by atoms with Crippen molar-refractivity contribution in [3.05, 3.63) is 0 Å². The van der Waals surface area contributed by atoms with Crippen LogP contribution in [0, 0.1) is 5.92 Å². The molecule has 1 aliphatic carbocycles. The number of hydrogen-bond acceptors (Lipinski definition) is 3. The zero-order valence-electron chi connectivity index (χ0n) is 12.3. The first-order valence-electron chi connectivity index (χ1n) is 7.69. The first-order chi connectivity index (χ1) is 8.96.